The molecule has 0 bridgehead atoms. The Morgan fingerprint density at radius 1 is 0.824 bits per heavy atom. The van der Waals surface area contributed by atoms with Crippen molar-refractivity contribution in [1.82, 2.24) is 9.97 Å². The molecule has 0 aliphatic rings. The van der Waals surface area contributed by atoms with Gasteiger partial charge in [-0.3, -0.25) is 0 Å². The van der Waals surface area contributed by atoms with Crippen LogP contribution in [0.5, 0.6) is 0 Å². The Morgan fingerprint density at radius 2 is 1.24 bits per heavy atom. The summed E-state index contributed by atoms with van der Waals surface area (Å²) in [5, 5.41) is -0.187. The zero-order chi connectivity index (χ0) is 12.5. The van der Waals surface area contributed by atoms with Crippen LogP contribution in [0.3, 0.4) is 0 Å². The zero-order valence-electron chi connectivity index (χ0n) is 8.74. The summed E-state index contributed by atoms with van der Waals surface area (Å²) >= 11 is 0. The van der Waals surface area contributed by atoms with E-state index in [2.05, 4.69) is 9.97 Å². The molecule has 0 atom stereocenters. The van der Waals surface area contributed by atoms with E-state index >= 15 is 0 Å². The quantitative estimate of drug-likeness (QED) is 0.801. The fourth-order valence-corrected chi connectivity index (χ4v) is 2.30. The van der Waals surface area contributed by atoms with Crippen LogP contribution in [0.2, 0.25) is 0 Å². The van der Waals surface area contributed by atoms with Crippen molar-refractivity contribution in [2.45, 2.75) is 10.1 Å². The Bertz CT molecular complexity index is 569. The molecule has 0 fully saturated rings. The molecule has 0 aromatic carbocycles. The lowest BCUT2D eigenvalue weighted by Crippen LogP contribution is -2.07. The Balaban J connectivity index is 2.50. The minimum absolute atomic E-state index is 0.0935. The van der Waals surface area contributed by atoms with Gasteiger partial charge in [0, 0.05) is 0 Å². The number of sulfone groups is 1. The summed E-state index contributed by atoms with van der Waals surface area (Å²) in [6, 6.07) is 5.61. The lowest BCUT2D eigenvalue weighted by Gasteiger charge is -2.03. The lowest BCUT2D eigenvalue weighted by atomic mass is 10.4. The number of nitrogens with two attached hydrogens (primary N) is 2. The van der Waals surface area contributed by atoms with Gasteiger partial charge in [0.1, 0.15) is 0 Å². The Hall–Kier alpha value is -2.15. The van der Waals surface area contributed by atoms with E-state index in [1.165, 1.54) is 36.7 Å². The third-order valence-electron chi connectivity index (χ3n) is 2.07. The largest absolute Gasteiger partial charge is 0.397 e. The molecule has 2 heterocycles. The van der Waals surface area contributed by atoms with E-state index in [4.69, 9.17) is 11.5 Å². The predicted molar refractivity (Wildman–Crippen MR) is 62.8 cm³/mol. The van der Waals surface area contributed by atoms with Crippen molar-refractivity contribution in [2.75, 3.05) is 11.5 Å². The van der Waals surface area contributed by atoms with Crippen LogP contribution in [0, 0.1) is 0 Å². The molecule has 4 N–H and O–H groups in total. The number of rotatable bonds is 2. The van der Waals surface area contributed by atoms with Crippen LogP contribution < -0.4 is 11.5 Å². The summed E-state index contributed by atoms with van der Waals surface area (Å²) in [7, 11) is -3.71. The molecular formula is C10H10N4O2S. The molecule has 17 heavy (non-hydrogen) atoms. The maximum absolute atomic E-state index is 12.0. The fraction of sp³-hybridized carbons (Fsp3) is 0. The van der Waals surface area contributed by atoms with E-state index in [9.17, 15) is 8.42 Å². The van der Waals surface area contributed by atoms with Crippen LogP contribution in [0.4, 0.5) is 11.4 Å². The van der Waals surface area contributed by atoms with Gasteiger partial charge in [-0.2, -0.15) is 0 Å². The maximum atomic E-state index is 12.0. The second kappa shape index (κ2) is 4.02. The first-order valence-electron chi connectivity index (χ1n) is 4.68. The summed E-state index contributed by atoms with van der Waals surface area (Å²) < 4.78 is 24.1. The second-order valence-electron chi connectivity index (χ2n) is 3.36. The monoisotopic (exact) mass is 250 g/mol. The maximum Gasteiger partial charge on any atom is 0.241 e. The molecule has 7 heteroatoms. The number of hydrogen-bond acceptors (Lipinski definition) is 6. The minimum atomic E-state index is -3.71. The van der Waals surface area contributed by atoms with E-state index in [0.717, 1.165) is 0 Å². The molecule has 0 unspecified atom stereocenters. The van der Waals surface area contributed by atoms with Crippen molar-refractivity contribution in [1.29, 1.82) is 0 Å². The number of aromatic nitrogens is 2. The normalized spacial score (nSPS) is 11.3. The van der Waals surface area contributed by atoms with Crippen molar-refractivity contribution >= 4 is 21.2 Å². The smallest absolute Gasteiger partial charge is 0.241 e. The average molecular weight is 250 g/mol. The standard InChI is InChI=1S/C10H10N4O2S/c11-7-1-3-9(13-5-7)17(15,16)10-4-2-8(12)6-14-10/h1-6H,11-12H2. The van der Waals surface area contributed by atoms with Gasteiger partial charge in [0.25, 0.3) is 0 Å². The van der Waals surface area contributed by atoms with Crippen LogP contribution in [0.1, 0.15) is 0 Å². The molecule has 0 saturated heterocycles. The molecule has 6 nitrogen and oxygen atoms in total. The summed E-state index contributed by atoms with van der Waals surface area (Å²) in [6.45, 7) is 0. The van der Waals surface area contributed by atoms with Crippen molar-refractivity contribution in [2.24, 2.45) is 0 Å². The number of anilines is 2. The molecule has 0 saturated carbocycles. The van der Waals surface area contributed by atoms with Gasteiger partial charge in [0.15, 0.2) is 10.1 Å². The molecule has 0 amide bonds. The first kappa shape index (κ1) is 11.3. The highest BCUT2D eigenvalue weighted by Crippen LogP contribution is 2.17. The average Bonchev–Trinajstić information content (AvgIpc) is 2.30. The van der Waals surface area contributed by atoms with Gasteiger partial charge in [-0.05, 0) is 24.3 Å². The van der Waals surface area contributed by atoms with Gasteiger partial charge in [0.05, 0.1) is 23.8 Å². The molecular weight excluding hydrogens is 240 g/mol. The molecule has 0 spiro atoms. The Kier molecular flexibility index (Phi) is 2.68. The molecule has 2 aromatic heterocycles. The third kappa shape index (κ3) is 2.18. The number of nitrogen functional groups attached to an aromatic ring is 2. The highest BCUT2D eigenvalue weighted by Gasteiger charge is 2.20. The highest BCUT2D eigenvalue weighted by atomic mass is 32.2. The van der Waals surface area contributed by atoms with Crippen LogP contribution >= 0.6 is 0 Å². The molecule has 0 radical (unpaired) electrons. The topological polar surface area (TPSA) is 112 Å². The molecule has 0 aliphatic carbocycles. The van der Waals surface area contributed by atoms with Gasteiger partial charge in [-0.15, -0.1) is 0 Å². The summed E-state index contributed by atoms with van der Waals surface area (Å²) in [5.41, 5.74) is 11.7. The molecule has 0 aliphatic heterocycles. The van der Waals surface area contributed by atoms with Crippen molar-refractivity contribution in [3.63, 3.8) is 0 Å². The van der Waals surface area contributed by atoms with E-state index in [1.807, 2.05) is 0 Å². The lowest BCUT2D eigenvalue weighted by molar-refractivity contribution is 0.588. The SMILES string of the molecule is Nc1ccc(S(=O)(=O)c2ccc(N)cn2)nc1. The van der Waals surface area contributed by atoms with Gasteiger partial charge in [-0.1, -0.05) is 0 Å². The molecule has 2 rings (SSSR count). The van der Waals surface area contributed by atoms with Crippen molar-refractivity contribution in [3.8, 4) is 0 Å². The van der Waals surface area contributed by atoms with Crippen molar-refractivity contribution in [3.05, 3.63) is 36.7 Å². The van der Waals surface area contributed by atoms with Crippen LogP contribution in [0.25, 0.3) is 0 Å². The third-order valence-corrected chi connectivity index (χ3v) is 3.65. The van der Waals surface area contributed by atoms with Crippen LogP contribution in [-0.2, 0) is 9.84 Å². The second-order valence-corrected chi connectivity index (χ2v) is 5.21. The van der Waals surface area contributed by atoms with E-state index < -0.39 is 9.84 Å². The Morgan fingerprint density at radius 3 is 1.53 bits per heavy atom. The van der Waals surface area contributed by atoms with E-state index in [-0.39, 0.29) is 10.1 Å². The summed E-state index contributed by atoms with van der Waals surface area (Å²) in [5.74, 6) is 0. The zero-order valence-corrected chi connectivity index (χ0v) is 9.55. The number of nitrogens with zero attached hydrogens (tertiary/aromatic N) is 2. The van der Waals surface area contributed by atoms with Crippen molar-refractivity contribution < 1.29 is 8.42 Å². The molecule has 88 valence electrons. The summed E-state index contributed by atoms with van der Waals surface area (Å²) in [6.07, 6.45) is 2.56. The number of hydrogen-bond donors (Lipinski definition) is 2. The minimum Gasteiger partial charge on any atom is -0.397 e. The van der Waals surface area contributed by atoms with Crippen LogP contribution in [-0.4, -0.2) is 18.4 Å². The predicted octanol–water partition coefficient (Wildman–Crippen LogP) is 0.474. The first-order chi connectivity index (χ1) is 8.00. The van der Waals surface area contributed by atoms with Gasteiger partial charge in [0.2, 0.25) is 9.84 Å². The van der Waals surface area contributed by atoms with Gasteiger partial charge >= 0.3 is 0 Å². The van der Waals surface area contributed by atoms with Gasteiger partial charge < -0.3 is 11.5 Å². The van der Waals surface area contributed by atoms with Gasteiger partial charge in [-0.25, -0.2) is 18.4 Å². The fourth-order valence-electron chi connectivity index (χ4n) is 1.21. The first-order valence-corrected chi connectivity index (χ1v) is 6.16. The number of pyridine rings is 2. The Labute approximate surface area is 98.2 Å². The molecule has 2 aromatic rings. The van der Waals surface area contributed by atoms with E-state index in [1.54, 1.807) is 0 Å². The highest BCUT2D eigenvalue weighted by molar-refractivity contribution is 7.91. The van der Waals surface area contributed by atoms with Crippen LogP contribution in [0.15, 0.2) is 46.7 Å². The summed E-state index contributed by atoms with van der Waals surface area (Å²) in [4.78, 5) is 7.53. The van der Waals surface area contributed by atoms with E-state index in [0.29, 0.717) is 11.4 Å².